The van der Waals surface area contributed by atoms with Crippen molar-refractivity contribution >= 4 is 17.3 Å². The summed E-state index contributed by atoms with van der Waals surface area (Å²) >= 11 is 0. The van der Waals surface area contributed by atoms with Gasteiger partial charge in [0.15, 0.2) is 0 Å². The minimum atomic E-state index is -0.897. The van der Waals surface area contributed by atoms with Crippen LogP contribution < -0.4 is 10.1 Å². The molecule has 2 aromatic rings. The average molecular weight is 425 g/mol. The van der Waals surface area contributed by atoms with Gasteiger partial charge in [-0.25, -0.2) is 0 Å². The van der Waals surface area contributed by atoms with Gasteiger partial charge in [-0.3, -0.25) is 19.8 Å². The lowest BCUT2D eigenvalue weighted by atomic mass is 9.85. The van der Waals surface area contributed by atoms with Crippen LogP contribution in [0.4, 0.5) is 11.4 Å². The molecular weight excluding hydrogens is 398 g/mol. The summed E-state index contributed by atoms with van der Waals surface area (Å²) in [5.41, 5.74) is 0.467. The number of nitro groups is 1. The monoisotopic (exact) mass is 425 g/mol. The van der Waals surface area contributed by atoms with E-state index in [0.29, 0.717) is 11.3 Å². The molecule has 0 bridgehead atoms. The molecule has 2 aliphatic rings. The molecule has 31 heavy (non-hydrogen) atoms. The highest BCUT2D eigenvalue weighted by molar-refractivity contribution is 5.94. The molecule has 164 valence electrons. The molecular formula is C23H27N3O5. The zero-order chi connectivity index (χ0) is 22.2. The quantitative estimate of drug-likeness (QED) is 0.562. The number of likely N-dealkylation sites (tertiary alicyclic amines) is 1. The summed E-state index contributed by atoms with van der Waals surface area (Å²) in [6.07, 6.45) is 1.37. The highest BCUT2D eigenvalue weighted by atomic mass is 16.6. The third-order valence-corrected chi connectivity index (χ3v) is 6.04. The Morgan fingerprint density at radius 2 is 1.94 bits per heavy atom. The van der Waals surface area contributed by atoms with E-state index in [4.69, 9.17) is 4.74 Å². The molecule has 4 rings (SSSR count). The first-order valence-corrected chi connectivity index (χ1v) is 10.5. The minimum absolute atomic E-state index is 0.108. The highest BCUT2D eigenvalue weighted by Crippen LogP contribution is 2.47. The van der Waals surface area contributed by atoms with Crippen LogP contribution in [0, 0.1) is 10.1 Å². The Hall–Kier alpha value is -2.97. The number of nitrogens with zero attached hydrogens (tertiary/aromatic N) is 2. The SMILES string of the molecule is CC1(C)Oc2cc([N+](=O)[O-])c(NC(=O)Cc3ccccc3)cc2[C@@H](N2CCCC2)[C@@H]1O. The zero-order valence-electron chi connectivity index (χ0n) is 17.7. The Balaban J connectivity index is 1.71. The van der Waals surface area contributed by atoms with Gasteiger partial charge in [-0.15, -0.1) is 0 Å². The number of anilines is 1. The number of nitrogens with one attached hydrogen (secondary N) is 1. The van der Waals surface area contributed by atoms with E-state index >= 15 is 0 Å². The van der Waals surface area contributed by atoms with E-state index in [1.54, 1.807) is 19.9 Å². The van der Waals surface area contributed by atoms with E-state index in [0.717, 1.165) is 31.5 Å². The van der Waals surface area contributed by atoms with Crippen molar-refractivity contribution in [3.63, 3.8) is 0 Å². The van der Waals surface area contributed by atoms with Crippen molar-refractivity contribution in [1.82, 2.24) is 4.90 Å². The summed E-state index contributed by atoms with van der Waals surface area (Å²) < 4.78 is 5.97. The van der Waals surface area contributed by atoms with Gasteiger partial charge in [0.25, 0.3) is 5.69 Å². The lowest BCUT2D eigenvalue weighted by Gasteiger charge is -2.45. The molecule has 8 nitrogen and oxygen atoms in total. The number of ether oxygens (including phenoxy) is 1. The van der Waals surface area contributed by atoms with Crippen LogP contribution in [0.25, 0.3) is 0 Å². The van der Waals surface area contributed by atoms with Crippen LogP contribution in [0.5, 0.6) is 5.75 Å². The molecule has 2 atom stereocenters. The van der Waals surface area contributed by atoms with Crippen LogP contribution in [0.3, 0.4) is 0 Å². The van der Waals surface area contributed by atoms with Crippen molar-refractivity contribution < 1.29 is 19.6 Å². The second-order valence-corrected chi connectivity index (χ2v) is 8.71. The number of amides is 1. The first-order valence-electron chi connectivity index (χ1n) is 10.5. The maximum absolute atomic E-state index is 12.6. The van der Waals surface area contributed by atoms with Crippen LogP contribution >= 0.6 is 0 Å². The van der Waals surface area contributed by atoms with Gasteiger partial charge in [0.05, 0.1) is 23.5 Å². The number of fused-ring (bicyclic) bond motifs is 1. The summed E-state index contributed by atoms with van der Waals surface area (Å²) in [4.78, 5) is 26.0. The summed E-state index contributed by atoms with van der Waals surface area (Å²) in [7, 11) is 0. The van der Waals surface area contributed by atoms with Gasteiger partial charge in [-0.2, -0.15) is 0 Å². The topological polar surface area (TPSA) is 105 Å². The lowest BCUT2D eigenvalue weighted by Crippen LogP contribution is -2.53. The molecule has 1 saturated heterocycles. The number of aliphatic hydroxyl groups is 1. The molecule has 0 aromatic heterocycles. The Kier molecular flexibility index (Phi) is 5.68. The smallest absolute Gasteiger partial charge is 0.296 e. The Bertz CT molecular complexity index is 986. The Morgan fingerprint density at radius 1 is 1.26 bits per heavy atom. The van der Waals surface area contributed by atoms with Crippen LogP contribution in [0.15, 0.2) is 42.5 Å². The molecule has 1 fully saturated rings. The molecule has 0 aliphatic carbocycles. The second-order valence-electron chi connectivity index (χ2n) is 8.71. The molecule has 0 radical (unpaired) electrons. The fourth-order valence-corrected chi connectivity index (χ4v) is 4.44. The van der Waals surface area contributed by atoms with E-state index < -0.39 is 16.6 Å². The standard InChI is InChI=1S/C23H27N3O5/c1-23(2)22(28)21(25-10-6-7-11-25)16-13-17(18(26(29)30)14-19(16)31-23)24-20(27)12-15-8-4-3-5-9-15/h3-5,8-9,13-14,21-22,28H,6-7,10-12H2,1-2H3,(H,24,27)/t21-,22+/m1/s1. The number of hydrogen-bond donors (Lipinski definition) is 2. The maximum Gasteiger partial charge on any atom is 0.296 e. The van der Waals surface area contributed by atoms with E-state index in [9.17, 15) is 20.0 Å². The zero-order valence-corrected chi connectivity index (χ0v) is 17.7. The van der Waals surface area contributed by atoms with Crippen LogP contribution in [0.1, 0.15) is 43.9 Å². The molecule has 2 N–H and O–H groups in total. The first kappa shape index (κ1) is 21.3. The van der Waals surface area contributed by atoms with Crippen molar-refractivity contribution in [2.45, 2.75) is 50.9 Å². The van der Waals surface area contributed by atoms with Gasteiger partial charge >= 0.3 is 0 Å². The highest BCUT2D eigenvalue weighted by Gasteiger charge is 2.46. The fraction of sp³-hybridized carbons (Fsp3) is 0.435. The normalized spacial score (nSPS) is 22.4. The molecule has 0 unspecified atom stereocenters. The Morgan fingerprint density at radius 3 is 2.58 bits per heavy atom. The van der Waals surface area contributed by atoms with Crippen LogP contribution in [-0.4, -0.2) is 45.6 Å². The minimum Gasteiger partial charge on any atom is -0.484 e. The van der Waals surface area contributed by atoms with E-state index in [2.05, 4.69) is 10.2 Å². The van der Waals surface area contributed by atoms with Gasteiger partial charge in [-0.05, 0) is 51.4 Å². The lowest BCUT2D eigenvalue weighted by molar-refractivity contribution is -0.384. The average Bonchev–Trinajstić information content (AvgIpc) is 3.23. The number of carbonyl (C=O) groups excluding carboxylic acids is 1. The third kappa shape index (κ3) is 4.26. The number of benzene rings is 2. The number of carbonyl (C=O) groups is 1. The van der Waals surface area contributed by atoms with Crippen molar-refractivity contribution in [3.8, 4) is 5.75 Å². The molecule has 8 heteroatoms. The largest absolute Gasteiger partial charge is 0.484 e. The molecule has 2 heterocycles. The molecule has 0 spiro atoms. The van der Waals surface area contributed by atoms with Crippen molar-refractivity contribution in [3.05, 3.63) is 63.7 Å². The van der Waals surface area contributed by atoms with Gasteiger partial charge in [0.1, 0.15) is 23.1 Å². The van der Waals surface area contributed by atoms with Crippen LogP contribution in [0.2, 0.25) is 0 Å². The predicted octanol–water partition coefficient (Wildman–Crippen LogP) is 3.44. The van der Waals surface area contributed by atoms with Crippen molar-refractivity contribution in [2.24, 2.45) is 0 Å². The number of rotatable bonds is 5. The van der Waals surface area contributed by atoms with E-state index in [1.165, 1.54) is 6.07 Å². The van der Waals surface area contributed by atoms with Gasteiger partial charge in [0.2, 0.25) is 5.91 Å². The molecule has 2 aromatic carbocycles. The summed E-state index contributed by atoms with van der Waals surface area (Å²) in [5, 5.41) is 25.5. The van der Waals surface area contributed by atoms with Crippen molar-refractivity contribution in [2.75, 3.05) is 18.4 Å². The van der Waals surface area contributed by atoms with E-state index in [1.807, 2.05) is 30.3 Å². The van der Waals surface area contributed by atoms with E-state index in [-0.39, 0.29) is 29.7 Å². The summed E-state index contributed by atoms with van der Waals surface area (Å²) in [5.74, 6) is 0.0320. The predicted molar refractivity (Wildman–Crippen MR) is 116 cm³/mol. The maximum atomic E-state index is 12.6. The molecule has 2 aliphatic heterocycles. The van der Waals surface area contributed by atoms with Crippen LogP contribution in [-0.2, 0) is 11.2 Å². The molecule has 1 amide bonds. The van der Waals surface area contributed by atoms with Crippen molar-refractivity contribution in [1.29, 1.82) is 0 Å². The number of hydrogen-bond acceptors (Lipinski definition) is 6. The second kappa shape index (κ2) is 8.28. The third-order valence-electron chi connectivity index (χ3n) is 6.04. The number of aliphatic hydroxyl groups excluding tert-OH is 1. The molecule has 0 saturated carbocycles. The number of nitro benzene ring substituents is 1. The first-order chi connectivity index (χ1) is 14.8. The van der Waals surface area contributed by atoms with Gasteiger partial charge in [-0.1, -0.05) is 30.3 Å². The fourth-order valence-electron chi connectivity index (χ4n) is 4.44. The van der Waals surface area contributed by atoms with Gasteiger partial charge < -0.3 is 15.2 Å². The Labute approximate surface area is 181 Å². The summed E-state index contributed by atoms with van der Waals surface area (Å²) in [6.45, 7) is 5.24. The summed E-state index contributed by atoms with van der Waals surface area (Å²) in [6, 6.07) is 11.8. The van der Waals surface area contributed by atoms with Gasteiger partial charge in [0, 0.05) is 5.56 Å².